The van der Waals surface area contributed by atoms with E-state index in [0.29, 0.717) is 19.1 Å². The van der Waals surface area contributed by atoms with E-state index in [0.717, 1.165) is 11.1 Å². The molecule has 2 rings (SSSR count). The molecule has 0 N–H and O–H groups in total. The van der Waals surface area contributed by atoms with Gasteiger partial charge in [0.2, 0.25) is 0 Å². The summed E-state index contributed by atoms with van der Waals surface area (Å²) in [4.78, 5) is 4.20. The second-order valence-corrected chi connectivity index (χ2v) is 6.80. The molecule has 6 heteroatoms. The summed E-state index contributed by atoms with van der Waals surface area (Å²) < 4.78 is 16.4. The van der Waals surface area contributed by atoms with E-state index in [9.17, 15) is 0 Å². The summed E-state index contributed by atoms with van der Waals surface area (Å²) in [6.45, 7) is 4.85. The van der Waals surface area contributed by atoms with Crippen molar-refractivity contribution in [2.24, 2.45) is 0 Å². The van der Waals surface area contributed by atoms with Crippen LogP contribution in [0.25, 0.3) is 0 Å². The van der Waals surface area contributed by atoms with Crippen molar-refractivity contribution in [2.45, 2.75) is 20.5 Å². The van der Waals surface area contributed by atoms with Gasteiger partial charge in [-0.15, -0.1) is 0 Å². The Bertz CT molecular complexity index is 376. The normalized spacial score (nSPS) is 20.2. The van der Waals surface area contributed by atoms with E-state index in [4.69, 9.17) is 13.6 Å². The Balaban J connectivity index is 2.23. The molecule has 15 heavy (non-hydrogen) atoms. The van der Waals surface area contributed by atoms with Crippen LogP contribution in [-0.2, 0) is 15.7 Å². The number of hydrogen-bond donors (Lipinski definition) is 1. The van der Waals surface area contributed by atoms with Crippen LogP contribution in [0.2, 0.25) is 0 Å². The van der Waals surface area contributed by atoms with Gasteiger partial charge < -0.3 is 0 Å². The van der Waals surface area contributed by atoms with Crippen molar-refractivity contribution in [3.63, 3.8) is 0 Å². The third kappa shape index (κ3) is 2.42. The van der Waals surface area contributed by atoms with Gasteiger partial charge in [0.05, 0.1) is 0 Å². The van der Waals surface area contributed by atoms with Gasteiger partial charge in [0, 0.05) is 0 Å². The third-order valence-electron chi connectivity index (χ3n) is 2.02. The van der Waals surface area contributed by atoms with E-state index in [2.05, 4.69) is 17.2 Å². The molecule has 0 amide bonds. The van der Waals surface area contributed by atoms with Gasteiger partial charge in [0.25, 0.3) is 0 Å². The van der Waals surface area contributed by atoms with E-state index in [1.807, 2.05) is 19.9 Å². The number of nitrogens with zero attached hydrogens (tertiary/aromatic N) is 1. The summed E-state index contributed by atoms with van der Waals surface area (Å²) in [7, 11) is -2.77. The molecule has 84 valence electrons. The predicted molar refractivity (Wildman–Crippen MR) is 63.3 cm³/mol. The maximum absolute atomic E-state index is 5.56. The molecule has 0 radical (unpaired) electrons. The van der Waals surface area contributed by atoms with E-state index in [1.165, 1.54) is 0 Å². The van der Waals surface area contributed by atoms with Crippen LogP contribution in [-0.4, -0.2) is 11.6 Å². The Morgan fingerprint density at radius 1 is 1.67 bits per heavy atom. The van der Waals surface area contributed by atoms with Crippen LogP contribution in [0.15, 0.2) is 12.3 Å². The van der Waals surface area contributed by atoms with Crippen LogP contribution in [0.3, 0.4) is 0 Å². The predicted octanol–water partition coefficient (Wildman–Crippen LogP) is 2.68. The zero-order chi connectivity index (χ0) is 10.9. The molecule has 4 nitrogen and oxygen atoms in total. The number of hydrogen-bond acceptors (Lipinski definition) is 5. The minimum absolute atomic E-state index is 0.458. The Hall–Kier alpha value is -0.350. The van der Waals surface area contributed by atoms with Crippen molar-refractivity contribution in [2.75, 3.05) is 6.61 Å². The standard InChI is InChI=1S/C9H14NO3PS/c1-3-11-14(15)12-6-8-4-7(2)5-10-9(8)13-14/h4-5,14-15H,3,6H2,1-2H3. The fourth-order valence-electron chi connectivity index (χ4n) is 1.39. The molecule has 0 atom stereocenters. The van der Waals surface area contributed by atoms with Crippen LogP contribution >= 0.6 is 19.4 Å². The van der Waals surface area contributed by atoms with E-state index in [-0.39, 0.29) is 0 Å². The summed E-state index contributed by atoms with van der Waals surface area (Å²) in [6, 6.07) is 2.00. The van der Waals surface area contributed by atoms with Crippen molar-refractivity contribution < 1.29 is 13.6 Å². The molecule has 0 unspecified atom stereocenters. The van der Waals surface area contributed by atoms with Gasteiger partial charge in [-0.05, 0) is 0 Å². The molecule has 0 saturated carbocycles. The SMILES string of the molecule is CCO[PH]1(S)OCc2cc(C)cnc2O1. The number of pyridine rings is 1. The summed E-state index contributed by atoms with van der Waals surface area (Å²) in [6.07, 6.45) is 1.76. The summed E-state index contributed by atoms with van der Waals surface area (Å²) in [5.41, 5.74) is 2.04. The van der Waals surface area contributed by atoms with Gasteiger partial charge >= 0.3 is 94.3 Å². The molecular weight excluding hydrogens is 233 g/mol. The number of aromatic nitrogens is 1. The average molecular weight is 247 g/mol. The quantitative estimate of drug-likeness (QED) is 0.644. The van der Waals surface area contributed by atoms with Crippen molar-refractivity contribution in [1.82, 2.24) is 4.98 Å². The number of thiol groups is 1. The van der Waals surface area contributed by atoms with Crippen LogP contribution in [0.5, 0.6) is 5.88 Å². The molecule has 2 heterocycles. The van der Waals surface area contributed by atoms with Crippen molar-refractivity contribution in [3.05, 3.63) is 23.4 Å². The number of rotatable bonds is 2. The molecular formula is C9H14NO3PS. The molecule has 1 aliphatic heterocycles. The van der Waals surface area contributed by atoms with Crippen LogP contribution in [0.4, 0.5) is 0 Å². The second kappa shape index (κ2) is 4.26. The molecule has 1 aromatic rings. The zero-order valence-corrected chi connectivity index (χ0v) is 10.6. The van der Waals surface area contributed by atoms with Gasteiger partial charge in [-0.1, -0.05) is 0 Å². The number of fused-ring (bicyclic) bond motifs is 1. The van der Waals surface area contributed by atoms with Crippen LogP contribution in [0, 0.1) is 6.92 Å². The molecule has 1 aliphatic rings. The van der Waals surface area contributed by atoms with Crippen molar-refractivity contribution >= 4 is 19.4 Å². The van der Waals surface area contributed by atoms with Gasteiger partial charge in [0.1, 0.15) is 0 Å². The monoisotopic (exact) mass is 247 g/mol. The molecule has 0 bridgehead atoms. The molecule has 0 aliphatic carbocycles. The molecule has 0 spiro atoms. The van der Waals surface area contributed by atoms with Crippen molar-refractivity contribution in [3.8, 4) is 5.88 Å². The molecule has 1 aromatic heterocycles. The van der Waals surface area contributed by atoms with Gasteiger partial charge in [-0.2, -0.15) is 0 Å². The summed E-state index contributed by atoms with van der Waals surface area (Å²) >= 11 is 4.31. The first-order chi connectivity index (χ1) is 7.13. The summed E-state index contributed by atoms with van der Waals surface area (Å²) in [5, 5.41) is 0. The van der Waals surface area contributed by atoms with Gasteiger partial charge in [-0.3, -0.25) is 0 Å². The van der Waals surface area contributed by atoms with Crippen LogP contribution in [0.1, 0.15) is 18.1 Å². The summed E-state index contributed by atoms with van der Waals surface area (Å²) in [5.74, 6) is 0.585. The Morgan fingerprint density at radius 3 is 3.20 bits per heavy atom. The molecule has 0 saturated heterocycles. The maximum atomic E-state index is 5.56. The average Bonchev–Trinajstić information content (AvgIpc) is 2.19. The Kier molecular flexibility index (Phi) is 3.16. The Labute approximate surface area is 94.7 Å². The van der Waals surface area contributed by atoms with E-state index >= 15 is 0 Å². The fraction of sp³-hybridized carbons (Fsp3) is 0.444. The van der Waals surface area contributed by atoms with Crippen molar-refractivity contribution in [1.29, 1.82) is 0 Å². The van der Waals surface area contributed by atoms with Gasteiger partial charge in [0.15, 0.2) is 0 Å². The van der Waals surface area contributed by atoms with E-state index in [1.54, 1.807) is 6.20 Å². The zero-order valence-electron chi connectivity index (χ0n) is 8.69. The first-order valence-electron chi connectivity index (χ1n) is 4.78. The molecule has 0 fully saturated rings. The van der Waals surface area contributed by atoms with Gasteiger partial charge in [-0.25, -0.2) is 0 Å². The van der Waals surface area contributed by atoms with Crippen LogP contribution < -0.4 is 4.52 Å². The first kappa shape index (κ1) is 11.1. The first-order valence-corrected chi connectivity index (χ1v) is 7.79. The Morgan fingerprint density at radius 2 is 2.47 bits per heavy atom. The number of aryl methyl sites for hydroxylation is 1. The topological polar surface area (TPSA) is 40.6 Å². The third-order valence-corrected chi connectivity index (χ3v) is 4.69. The second-order valence-electron chi connectivity index (χ2n) is 3.32. The fourth-order valence-corrected chi connectivity index (χ4v) is 3.56. The van der Waals surface area contributed by atoms with E-state index < -0.39 is 7.15 Å². The minimum atomic E-state index is -2.77. The molecule has 0 aromatic carbocycles.